The van der Waals surface area contributed by atoms with Crippen LogP contribution in [0, 0.1) is 0 Å². The van der Waals surface area contributed by atoms with Gasteiger partial charge in [-0.15, -0.1) is 0 Å². The fraction of sp³-hybridized carbons (Fsp3) is 0.500. The van der Waals surface area contributed by atoms with Crippen molar-refractivity contribution >= 4 is 6.03 Å². The molecule has 1 heterocycles. The molecule has 1 fully saturated rings. The SMILES string of the molecule is O=C(NOCc1ccccc1)NC1C(O)OC(CO)C(O)C1O. The van der Waals surface area contributed by atoms with Crippen LogP contribution in [0.25, 0.3) is 0 Å². The van der Waals surface area contributed by atoms with Crippen LogP contribution >= 0.6 is 0 Å². The van der Waals surface area contributed by atoms with Crippen molar-refractivity contribution in [2.24, 2.45) is 0 Å². The number of hydroxylamine groups is 1. The molecule has 6 N–H and O–H groups in total. The number of amides is 2. The molecule has 2 amide bonds. The zero-order valence-corrected chi connectivity index (χ0v) is 12.2. The van der Waals surface area contributed by atoms with Crippen molar-refractivity contribution in [3.63, 3.8) is 0 Å². The Balaban J connectivity index is 1.80. The van der Waals surface area contributed by atoms with Crippen LogP contribution in [-0.4, -0.2) is 63.7 Å². The van der Waals surface area contributed by atoms with E-state index in [1.807, 2.05) is 30.3 Å². The van der Waals surface area contributed by atoms with E-state index in [2.05, 4.69) is 10.8 Å². The maximum atomic E-state index is 11.7. The van der Waals surface area contributed by atoms with Crippen LogP contribution in [-0.2, 0) is 16.2 Å². The van der Waals surface area contributed by atoms with E-state index in [9.17, 15) is 20.1 Å². The van der Waals surface area contributed by atoms with Crippen molar-refractivity contribution in [1.82, 2.24) is 10.8 Å². The molecule has 9 nitrogen and oxygen atoms in total. The number of carbonyl (C=O) groups excluding carboxylic acids is 1. The molecule has 0 aliphatic carbocycles. The predicted molar refractivity (Wildman–Crippen MR) is 76.7 cm³/mol. The van der Waals surface area contributed by atoms with Gasteiger partial charge in [-0.3, -0.25) is 4.84 Å². The molecule has 23 heavy (non-hydrogen) atoms. The maximum absolute atomic E-state index is 11.7. The number of hydrogen-bond acceptors (Lipinski definition) is 7. The first kappa shape index (κ1) is 17.6. The molecular weight excluding hydrogens is 308 g/mol. The molecule has 9 heteroatoms. The summed E-state index contributed by atoms with van der Waals surface area (Å²) in [5.41, 5.74) is 2.94. The Morgan fingerprint density at radius 2 is 1.87 bits per heavy atom. The molecule has 1 saturated heterocycles. The van der Waals surface area contributed by atoms with Gasteiger partial charge in [0.05, 0.1) is 13.2 Å². The van der Waals surface area contributed by atoms with E-state index in [1.165, 1.54) is 0 Å². The van der Waals surface area contributed by atoms with Gasteiger partial charge < -0.3 is 30.5 Å². The monoisotopic (exact) mass is 328 g/mol. The molecular formula is C14H20N2O7. The summed E-state index contributed by atoms with van der Waals surface area (Å²) < 4.78 is 4.92. The van der Waals surface area contributed by atoms with Crippen molar-refractivity contribution in [3.05, 3.63) is 35.9 Å². The third kappa shape index (κ3) is 4.61. The first-order valence-corrected chi connectivity index (χ1v) is 7.05. The van der Waals surface area contributed by atoms with Crippen LogP contribution in [0.5, 0.6) is 0 Å². The maximum Gasteiger partial charge on any atom is 0.339 e. The molecule has 0 saturated carbocycles. The lowest BCUT2D eigenvalue weighted by molar-refractivity contribution is -0.252. The lowest BCUT2D eigenvalue weighted by Crippen LogP contribution is -2.65. The molecule has 0 spiro atoms. The minimum absolute atomic E-state index is 0.135. The second-order valence-electron chi connectivity index (χ2n) is 5.10. The van der Waals surface area contributed by atoms with Crippen LogP contribution in [0.3, 0.4) is 0 Å². The van der Waals surface area contributed by atoms with Crippen LogP contribution in [0.2, 0.25) is 0 Å². The number of carbonyl (C=O) groups is 1. The van der Waals surface area contributed by atoms with Gasteiger partial charge in [-0.05, 0) is 5.56 Å². The standard InChI is InChI=1S/C14H20N2O7/c17-6-9-11(18)12(19)10(13(20)23-9)15-14(21)16-22-7-8-4-2-1-3-5-8/h1-5,9-13,17-20H,6-7H2,(H2,15,16,21). The summed E-state index contributed by atoms with van der Waals surface area (Å²) in [6.07, 6.45) is -5.66. The average Bonchev–Trinajstić information content (AvgIpc) is 2.56. The molecule has 5 unspecified atom stereocenters. The van der Waals surface area contributed by atoms with Gasteiger partial charge in [0.25, 0.3) is 0 Å². The third-order valence-electron chi connectivity index (χ3n) is 3.44. The number of ether oxygens (including phenoxy) is 1. The highest BCUT2D eigenvalue weighted by atomic mass is 16.7. The van der Waals surface area contributed by atoms with Crippen molar-refractivity contribution in [2.45, 2.75) is 37.3 Å². The zero-order chi connectivity index (χ0) is 16.8. The fourth-order valence-corrected chi connectivity index (χ4v) is 2.19. The lowest BCUT2D eigenvalue weighted by Gasteiger charge is -2.40. The van der Waals surface area contributed by atoms with E-state index in [-0.39, 0.29) is 6.61 Å². The van der Waals surface area contributed by atoms with Crippen molar-refractivity contribution in [2.75, 3.05) is 6.61 Å². The van der Waals surface area contributed by atoms with E-state index in [0.29, 0.717) is 0 Å². The van der Waals surface area contributed by atoms with Crippen molar-refractivity contribution in [1.29, 1.82) is 0 Å². The van der Waals surface area contributed by atoms with Gasteiger partial charge in [0.1, 0.15) is 24.4 Å². The highest BCUT2D eigenvalue weighted by Crippen LogP contribution is 2.19. The Hall–Kier alpha value is -1.75. The molecule has 1 aromatic carbocycles. The Morgan fingerprint density at radius 3 is 2.52 bits per heavy atom. The van der Waals surface area contributed by atoms with Gasteiger partial charge >= 0.3 is 6.03 Å². The van der Waals surface area contributed by atoms with Crippen LogP contribution in [0.15, 0.2) is 30.3 Å². The topological polar surface area (TPSA) is 141 Å². The van der Waals surface area contributed by atoms with Gasteiger partial charge in [0.2, 0.25) is 0 Å². The molecule has 1 aliphatic rings. The first-order valence-electron chi connectivity index (χ1n) is 7.05. The van der Waals surface area contributed by atoms with Crippen molar-refractivity contribution < 1.29 is 34.8 Å². The van der Waals surface area contributed by atoms with E-state index < -0.39 is 43.3 Å². The highest BCUT2D eigenvalue weighted by molar-refractivity contribution is 5.73. The molecule has 1 aromatic rings. The highest BCUT2D eigenvalue weighted by Gasteiger charge is 2.44. The molecule has 0 radical (unpaired) electrons. The number of aliphatic hydroxyl groups excluding tert-OH is 4. The average molecular weight is 328 g/mol. The molecule has 0 bridgehead atoms. The Bertz CT molecular complexity index is 501. The summed E-state index contributed by atoms with van der Waals surface area (Å²) in [6, 6.07) is 7.03. The van der Waals surface area contributed by atoms with E-state index >= 15 is 0 Å². The summed E-state index contributed by atoms with van der Waals surface area (Å²) in [7, 11) is 0. The Labute approximate surface area is 132 Å². The van der Waals surface area contributed by atoms with Gasteiger partial charge in [-0.1, -0.05) is 30.3 Å². The van der Waals surface area contributed by atoms with Gasteiger partial charge in [0, 0.05) is 0 Å². The summed E-state index contributed by atoms with van der Waals surface area (Å²) in [4.78, 5) is 16.7. The normalized spacial score (nSPS) is 30.7. The molecule has 0 aromatic heterocycles. The largest absolute Gasteiger partial charge is 0.394 e. The van der Waals surface area contributed by atoms with E-state index in [4.69, 9.17) is 14.7 Å². The third-order valence-corrected chi connectivity index (χ3v) is 3.44. The first-order chi connectivity index (χ1) is 11.0. The number of aliphatic hydroxyl groups is 4. The Kier molecular flexibility index (Phi) is 6.28. The van der Waals surface area contributed by atoms with Crippen LogP contribution in [0.1, 0.15) is 5.56 Å². The number of nitrogens with one attached hydrogen (secondary N) is 2. The summed E-state index contributed by atoms with van der Waals surface area (Å²) in [5.74, 6) is 0. The zero-order valence-electron chi connectivity index (χ0n) is 12.2. The van der Waals surface area contributed by atoms with E-state index in [1.54, 1.807) is 0 Å². The van der Waals surface area contributed by atoms with Crippen molar-refractivity contribution in [3.8, 4) is 0 Å². The van der Waals surface area contributed by atoms with Gasteiger partial charge in [-0.25, -0.2) is 10.3 Å². The smallest absolute Gasteiger partial charge is 0.339 e. The minimum Gasteiger partial charge on any atom is -0.394 e. The van der Waals surface area contributed by atoms with Crippen LogP contribution in [0.4, 0.5) is 4.79 Å². The number of benzene rings is 1. The van der Waals surface area contributed by atoms with Gasteiger partial charge in [-0.2, -0.15) is 0 Å². The Morgan fingerprint density at radius 1 is 1.17 bits per heavy atom. The minimum atomic E-state index is -1.58. The quantitative estimate of drug-likeness (QED) is 0.351. The number of hydrogen-bond donors (Lipinski definition) is 6. The number of rotatable bonds is 5. The molecule has 5 atom stereocenters. The lowest BCUT2D eigenvalue weighted by atomic mass is 9.97. The number of urea groups is 1. The van der Waals surface area contributed by atoms with E-state index in [0.717, 1.165) is 5.56 Å². The summed E-state index contributed by atoms with van der Waals surface area (Å²) in [5, 5.41) is 40.5. The second kappa shape index (κ2) is 8.20. The van der Waals surface area contributed by atoms with Crippen LogP contribution < -0.4 is 10.8 Å². The van der Waals surface area contributed by atoms with Gasteiger partial charge in [0.15, 0.2) is 6.29 Å². The predicted octanol–water partition coefficient (Wildman–Crippen LogP) is -1.78. The summed E-state index contributed by atoms with van der Waals surface area (Å²) in [6.45, 7) is -0.440. The molecule has 2 rings (SSSR count). The molecule has 1 aliphatic heterocycles. The molecule has 128 valence electrons. The second-order valence-corrected chi connectivity index (χ2v) is 5.10. The fourth-order valence-electron chi connectivity index (χ4n) is 2.19. The summed E-state index contributed by atoms with van der Waals surface area (Å²) >= 11 is 0.